The minimum absolute atomic E-state index is 0.0215. The van der Waals surface area contributed by atoms with Crippen molar-refractivity contribution in [3.8, 4) is 11.4 Å². The average Bonchev–Trinajstić information content (AvgIpc) is 2.62. The van der Waals surface area contributed by atoms with Gasteiger partial charge in [0.1, 0.15) is 0 Å². The second-order valence-electron chi connectivity index (χ2n) is 5.31. The van der Waals surface area contributed by atoms with Gasteiger partial charge < -0.3 is 0 Å². The van der Waals surface area contributed by atoms with Crippen molar-refractivity contribution in [1.82, 2.24) is 9.97 Å². The number of hydrogen-bond donors (Lipinski definition) is 1. The van der Waals surface area contributed by atoms with E-state index < -0.39 is 4.92 Å². The van der Waals surface area contributed by atoms with Crippen LogP contribution in [-0.2, 0) is 0 Å². The molecule has 7 nitrogen and oxygen atoms in total. The average molecular weight is 333 g/mol. The van der Waals surface area contributed by atoms with Gasteiger partial charge in [-0.25, -0.2) is 9.97 Å². The fraction of sp³-hybridized carbons (Fsp3) is 0.0556. The Morgan fingerprint density at radius 2 is 1.88 bits per heavy atom. The molecule has 0 bridgehead atoms. The lowest BCUT2D eigenvalue weighted by atomic mass is 10.2. The van der Waals surface area contributed by atoms with Gasteiger partial charge in [-0.2, -0.15) is 5.10 Å². The van der Waals surface area contributed by atoms with Gasteiger partial charge in [0.25, 0.3) is 5.69 Å². The highest BCUT2D eigenvalue weighted by atomic mass is 16.6. The molecule has 1 N–H and O–H groups in total. The fourth-order valence-corrected chi connectivity index (χ4v) is 2.23. The first kappa shape index (κ1) is 16.3. The molecule has 0 spiro atoms. The molecule has 0 radical (unpaired) electrons. The summed E-state index contributed by atoms with van der Waals surface area (Å²) in [6.07, 6.45) is 1.51. The van der Waals surface area contributed by atoms with E-state index in [1.54, 1.807) is 18.2 Å². The Hall–Kier alpha value is -3.61. The number of benzene rings is 2. The molecule has 25 heavy (non-hydrogen) atoms. The number of hydrazone groups is 1. The first-order valence-corrected chi connectivity index (χ1v) is 7.56. The van der Waals surface area contributed by atoms with Crippen LogP contribution in [0, 0.1) is 17.0 Å². The summed E-state index contributed by atoms with van der Waals surface area (Å²) >= 11 is 0. The molecule has 0 unspecified atom stereocenters. The minimum atomic E-state index is -0.440. The van der Waals surface area contributed by atoms with Crippen LogP contribution in [0.5, 0.6) is 0 Å². The van der Waals surface area contributed by atoms with Crippen molar-refractivity contribution in [2.24, 2.45) is 5.10 Å². The Morgan fingerprint density at radius 1 is 1.08 bits per heavy atom. The van der Waals surface area contributed by atoms with Gasteiger partial charge >= 0.3 is 0 Å². The van der Waals surface area contributed by atoms with Gasteiger partial charge in [-0.1, -0.05) is 42.5 Å². The molecule has 7 heteroatoms. The molecule has 2 aromatic carbocycles. The highest BCUT2D eigenvalue weighted by molar-refractivity contribution is 5.81. The fourth-order valence-electron chi connectivity index (χ4n) is 2.23. The number of nitro groups is 1. The van der Waals surface area contributed by atoms with Crippen molar-refractivity contribution < 1.29 is 4.92 Å². The second kappa shape index (κ2) is 7.31. The molecule has 1 aromatic heterocycles. The van der Waals surface area contributed by atoms with Crippen molar-refractivity contribution >= 4 is 17.7 Å². The number of nitro benzene ring substituents is 1. The van der Waals surface area contributed by atoms with Crippen molar-refractivity contribution in [1.29, 1.82) is 0 Å². The van der Waals surface area contributed by atoms with Crippen molar-refractivity contribution in [2.75, 3.05) is 5.43 Å². The number of aromatic nitrogens is 2. The number of non-ortho nitro benzene ring substituents is 1. The van der Waals surface area contributed by atoms with Gasteiger partial charge in [0.15, 0.2) is 11.6 Å². The molecular weight excluding hydrogens is 318 g/mol. The van der Waals surface area contributed by atoms with E-state index >= 15 is 0 Å². The summed E-state index contributed by atoms with van der Waals surface area (Å²) in [6, 6.07) is 17.7. The van der Waals surface area contributed by atoms with Crippen LogP contribution < -0.4 is 5.43 Å². The van der Waals surface area contributed by atoms with Crippen LogP contribution in [0.3, 0.4) is 0 Å². The van der Waals surface area contributed by atoms with E-state index in [2.05, 4.69) is 20.5 Å². The molecule has 0 saturated heterocycles. The first-order chi connectivity index (χ1) is 12.1. The molecule has 3 rings (SSSR count). The summed E-state index contributed by atoms with van der Waals surface area (Å²) in [7, 11) is 0. The molecule has 124 valence electrons. The van der Waals surface area contributed by atoms with Crippen molar-refractivity contribution in [2.45, 2.75) is 6.92 Å². The Labute approximate surface area is 144 Å². The predicted octanol–water partition coefficient (Wildman–Crippen LogP) is 3.81. The van der Waals surface area contributed by atoms with E-state index in [0.29, 0.717) is 17.2 Å². The Bertz CT molecular complexity index is 926. The molecule has 0 saturated carbocycles. The van der Waals surface area contributed by atoms with E-state index in [1.165, 1.54) is 18.3 Å². The standard InChI is InChI=1S/C18H15N5O2/c1-13-10-17(21-18(20-13)15-7-3-2-4-8-15)22-19-12-14-6-5-9-16(11-14)23(24)25/h2-12H,1H3,(H,20,21,22). The lowest BCUT2D eigenvalue weighted by Gasteiger charge is -2.05. The Morgan fingerprint density at radius 3 is 2.64 bits per heavy atom. The largest absolute Gasteiger partial charge is 0.270 e. The van der Waals surface area contributed by atoms with Gasteiger partial charge in [-0.3, -0.25) is 15.5 Å². The summed E-state index contributed by atoms with van der Waals surface area (Å²) in [6.45, 7) is 1.88. The maximum Gasteiger partial charge on any atom is 0.270 e. The summed E-state index contributed by atoms with van der Waals surface area (Å²) < 4.78 is 0. The molecule has 0 aliphatic carbocycles. The zero-order valence-electron chi connectivity index (χ0n) is 13.5. The summed E-state index contributed by atoms with van der Waals surface area (Å²) in [5.74, 6) is 1.15. The minimum Gasteiger partial charge on any atom is -0.261 e. The van der Waals surface area contributed by atoms with Crippen LogP contribution in [0.2, 0.25) is 0 Å². The lowest BCUT2D eigenvalue weighted by Crippen LogP contribution is -1.99. The van der Waals surface area contributed by atoms with Crippen LogP contribution in [-0.4, -0.2) is 21.1 Å². The molecule has 0 amide bonds. The van der Waals surface area contributed by atoms with E-state index in [4.69, 9.17) is 0 Å². The Kier molecular flexibility index (Phi) is 4.75. The number of anilines is 1. The smallest absolute Gasteiger partial charge is 0.261 e. The van der Waals surface area contributed by atoms with E-state index in [1.807, 2.05) is 37.3 Å². The lowest BCUT2D eigenvalue weighted by molar-refractivity contribution is -0.384. The molecule has 3 aromatic rings. The molecule has 0 aliphatic heterocycles. The monoisotopic (exact) mass is 333 g/mol. The summed E-state index contributed by atoms with van der Waals surface area (Å²) in [5.41, 5.74) is 5.20. The Balaban J connectivity index is 1.78. The van der Waals surface area contributed by atoms with E-state index in [0.717, 1.165) is 11.3 Å². The van der Waals surface area contributed by atoms with Crippen LogP contribution in [0.4, 0.5) is 11.5 Å². The van der Waals surface area contributed by atoms with Gasteiger partial charge in [0.05, 0.1) is 11.1 Å². The molecular formula is C18H15N5O2. The third-order valence-corrected chi connectivity index (χ3v) is 3.36. The molecule has 0 atom stereocenters. The maximum absolute atomic E-state index is 10.8. The molecule has 0 fully saturated rings. The highest BCUT2D eigenvalue weighted by Crippen LogP contribution is 2.17. The van der Waals surface area contributed by atoms with E-state index in [-0.39, 0.29) is 5.69 Å². The van der Waals surface area contributed by atoms with Crippen molar-refractivity contribution in [3.05, 3.63) is 82.0 Å². The van der Waals surface area contributed by atoms with Crippen LogP contribution in [0.1, 0.15) is 11.3 Å². The third-order valence-electron chi connectivity index (χ3n) is 3.36. The van der Waals surface area contributed by atoms with Gasteiger partial charge in [0, 0.05) is 35.0 Å². The summed E-state index contributed by atoms with van der Waals surface area (Å²) in [5, 5.41) is 14.9. The second-order valence-corrected chi connectivity index (χ2v) is 5.31. The van der Waals surface area contributed by atoms with Gasteiger partial charge in [-0.15, -0.1) is 0 Å². The number of hydrogen-bond acceptors (Lipinski definition) is 6. The van der Waals surface area contributed by atoms with Crippen molar-refractivity contribution in [3.63, 3.8) is 0 Å². The first-order valence-electron chi connectivity index (χ1n) is 7.56. The zero-order valence-corrected chi connectivity index (χ0v) is 13.5. The quantitative estimate of drug-likeness (QED) is 0.435. The molecule has 0 aliphatic rings. The normalized spacial score (nSPS) is 10.8. The number of nitrogens with one attached hydrogen (secondary N) is 1. The van der Waals surface area contributed by atoms with Crippen LogP contribution in [0.15, 0.2) is 65.8 Å². The SMILES string of the molecule is Cc1cc(NN=Cc2cccc([N+](=O)[O-])c2)nc(-c2ccccc2)n1. The highest BCUT2D eigenvalue weighted by Gasteiger charge is 2.05. The third kappa shape index (κ3) is 4.23. The summed E-state index contributed by atoms with van der Waals surface area (Å²) in [4.78, 5) is 19.2. The van der Waals surface area contributed by atoms with Gasteiger partial charge in [-0.05, 0) is 6.92 Å². The number of rotatable bonds is 5. The van der Waals surface area contributed by atoms with Crippen LogP contribution >= 0.6 is 0 Å². The zero-order chi connectivity index (χ0) is 17.6. The number of nitrogens with zero attached hydrogens (tertiary/aromatic N) is 4. The van der Waals surface area contributed by atoms with Crippen LogP contribution in [0.25, 0.3) is 11.4 Å². The van der Waals surface area contributed by atoms with Gasteiger partial charge in [0.2, 0.25) is 0 Å². The predicted molar refractivity (Wildman–Crippen MR) is 96.5 cm³/mol. The maximum atomic E-state index is 10.8. The topological polar surface area (TPSA) is 93.3 Å². The number of aryl methyl sites for hydroxylation is 1. The van der Waals surface area contributed by atoms with E-state index in [9.17, 15) is 10.1 Å². The molecule has 1 heterocycles.